The lowest BCUT2D eigenvalue weighted by molar-refractivity contribution is -0.121. The largest absolute Gasteiger partial charge is 0.477 e. The Morgan fingerprint density at radius 2 is 2.10 bits per heavy atom. The van der Waals surface area contributed by atoms with Gasteiger partial charge in [0, 0.05) is 7.05 Å². The van der Waals surface area contributed by atoms with Crippen molar-refractivity contribution in [3.8, 4) is 10.6 Å². The number of hydrogen-bond acceptors (Lipinski definition) is 4. The van der Waals surface area contributed by atoms with Crippen LogP contribution in [0.1, 0.15) is 10.4 Å². The van der Waals surface area contributed by atoms with Crippen LogP contribution >= 0.6 is 11.3 Å². The molecule has 0 aliphatic carbocycles. The highest BCUT2D eigenvalue weighted by Gasteiger charge is 2.17. The number of aromatic nitrogens is 1. The quantitative estimate of drug-likeness (QED) is 0.880. The van der Waals surface area contributed by atoms with Crippen molar-refractivity contribution in [2.45, 2.75) is 6.54 Å². The van der Waals surface area contributed by atoms with Gasteiger partial charge in [-0.3, -0.25) is 14.2 Å². The summed E-state index contributed by atoms with van der Waals surface area (Å²) in [5.41, 5.74) is -0.514. The third kappa shape index (κ3) is 2.62. The number of amides is 1. The zero-order valence-electron chi connectivity index (χ0n) is 10.6. The van der Waals surface area contributed by atoms with E-state index >= 15 is 0 Å². The number of carboxylic acids is 1. The fraction of sp³-hybridized carbons (Fsp3) is 0.154. The summed E-state index contributed by atoms with van der Waals surface area (Å²) in [5, 5.41) is 13.3. The monoisotopic (exact) mass is 292 g/mol. The molecule has 6 nitrogen and oxygen atoms in total. The van der Waals surface area contributed by atoms with E-state index in [1.54, 1.807) is 12.1 Å². The maximum atomic E-state index is 12.2. The van der Waals surface area contributed by atoms with Gasteiger partial charge in [-0.15, -0.1) is 11.3 Å². The molecule has 104 valence electrons. The Morgan fingerprint density at radius 1 is 1.35 bits per heavy atom. The minimum atomic E-state index is -1.31. The molecule has 0 bridgehead atoms. The van der Waals surface area contributed by atoms with Crippen molar-refractivity contribution in [2.75, 3.05) is 7.05 Å². The van der Waals surface area contributed by atoms with Crippen LogP contribution in [0.5, 0.6) is 0 Å². The Kier molecular flexibility index (Phi) is 3.99. The molecular weight excluding hydrogens is 280 g/mol. The fourth-order valence-corrected chi connectivity index (χ4v) is 2.52. The Hall–Kier alpha value is -2.41. The van der Waals surface area contributed by atoms with Crippen LogP contribution in [0.4, 0.5) is 0 Å². The lowest BCUT2D eigenvalue weighted by Crippen LogP contribution is -2.33. The third-order valence-corrected chi connectivity index (χ3v) is 3.65. The third-order valence-electron chi connectivity index (χ3n) is 2.76. The highest BCUT2D eigenvalue weighted by atomic mass is 32.1. The Morgan fingerprint density at radius 3 is 2.65 bits per heavy atom. The lowest BCUT2D eigenvalue weighted by Gasteiger charge is -2.11. The topological polar surface area (TPSA) is 88.4 Å². The van der Waals surface area contributed by atoms with Crippen LogP contribution in [0.2, 0.25) is 0 Å². The lowest BCUT2D eigenvalue weighted by atomic mass is 10.2. The van der Waals surface area contributed by atoms with E-state index in [9.17, 15) is 14.4 Å². The summed E-state index contributed by atoms with van der Waals surface area (Å²) in [6.07, 6.45) is 0. The van der Waals surface area contributed by atoms with Crippen LogP contribution in [-0.4, -0.2) is 28.6 Å². The van der Waals surface area contributed by atoms with Gasteiger partial charge in [-0.2, -0.15) is 0 Å². The smallest absolute Gasteiger partial charge is 0.341 e. The molecule has 2 N–H and O–H groups in total. The van der Waals surface area contributed by atoms with Crippen LogP contribution in [0.25, 0.3) is 10.6 Å². The summed E-state index contributed by atoms with van der Waals surface area (Å²) >= 11 is 1.41. The molecule has 20 heavy (non-hydrogen) atoms. The maximum absolute atomic E-state index is 12.2. The summed E-state index contributed by atoms with van der Waals surface area (Å²) in [4.78, 5) is 35.5. The molecule has 0 spiro atoms. The first-order valence-corrected chi connectivity index (χ1v) is 6.64. The van der Waals surface area contributed by atoms with Crippen molar-refractivity contribution < 1.29 is 14.7 Å². The highest BCUT2D eigenvalue weighted by Crippen LogP contribution is 2.23. The van der Waals surface area contributed by atoms with Gasteiger partial charge in [-0.05, 0) is 23.6 Å². The molecule has 0 aliphatic heterocycles. The van der Waals surface area contributed by atoms with E-state index < -0.39 is 11.5 Å². The molecule has 0 aromatic carbocycles. The number of carbonyl (C=O) groups excluding carboxylic acids is 1. The average molecular weight is 292 g/mol. The molecule has 0 atom stereocenters. The van der Waals surface area contributed by atoms with Gasteiger partial charge in [0.25, 0.3) is 5.56 Å². The number of nitrogens with zero attached hydrogens (tertiary/aromatic N) is 1. The molecule has 2 rings (SSSR count). The molecular formula is C13H12N2O4S. The van der Waals surface area contributed by atoms with Crippen molar-refractivity contribution in [3.05, 3.63) is 45.6 Å². The van der Waals surface area contributed by atoms with E-state index in [0.717, 1.165) is 4.88 Å². The van der Waals surface area contributed by atoms with Crippen LogP contribution in [0, 0.1) is 0 Å². The van der Waals surface area contributed by atoms with Gasteiger partial charge < -0.3 is 10.4 Å². The minimum Gasteiger partial charge on any atom is -0.477 e. The second kappa shape index (κ2) is 5.70. The van der Waals surface area contributed by atoms with E-state index in [0.29, 0.717) is 5.69 Å². The molecule has 0 aliphatic rings. The summed E-state index contributed by atoms with van der Waals surface area (Å²) in [7, 11) is 1.46. The van der Waals surface area contributed by atoms with E-state index in [-0.39, 0.29) is 18.0 Å². The number of carbonyl (C=O) groups is 2. The summed E-state index contributed by atoms with van der Waals surface area (Å²) in [5.74, 6) is -1.68. The van der Waals surface area contributed by atoms with Gasteiger partial charge in [-0.1, -0.05) is 6.07 Å². The van der Waals surface area contributed by atoms with Gasteiger partial charge >= 0.3 is 5.97 Å². The van der Waals surface area contributed by atoms with Crippen molar-refractivity contribution in [1.82, 2.24) is 9.88 Å². The maximum Gasteiger partial charge on any atom is 0.341 e. The normalized spacial score (nSPS) is 10.2. The summed E-state index contributed by atoms with van der Waals surface area (Å²) < 4.78 is 1.17. The van der Waals surface area contributed by atoms with Crippen molar-refractivity contribution in [1.29, 1.82) is 0 Å². The molecule has 2 aromatic rings. The van der Waals surface area contributed by atoms with Crippen LogP contribution < -0.4 is 10.9 Å². The first-order chi connectivity index (χ1) is 9.54. The summed E-state index contributed by atoms with van der Waals surface area (Å²) in [6.45, 7) is -0.219. The number of likely N-dealkylation sites (N-methyl/N-ethyl adjacent to an activating group) is 1. The standard InChI is InChI=1S/C13H12N2O4S/c1-14-11(16)7-15-9(10-3-2-6-20-10)5-4-8(12(15)17)13(18)19/h2-6H,7H2,1H3,(H,14,16)(H,18,19). The van der Waals surface area contributed by atoms with Gasteiger partial charge in [0.05, 0.1) is 10.6 Å². The van der Waals surface area contributed by atoms with Gasteiger partial charge in [0.15, 0.2) is 0 Å². The summed E-state index contributed by atoms with van der Waals surface area (Å²) in [6, 6.07) is 6.43. The molecule has 0 saturated heterocycles. The molecule has 2 heterocycles. The molecule has 7 heteroatoms. The highest BCUT2D eigenvalue weighted by molar-refractivity contribution is 7.13. The number of nitrogens with one attached hydrogen (secondary N) is 1. The van der Waals surface area contributed by atoms with E-state index in [1.807, 2.05) is 11.4 Å². The second-order valence-electron chi connectivity index (χ2n) is 3.98. The molecule has 0 fully saturated rings. The predicted octanol–water partition coefficient (Wildman–Crippen LogP) is 1.02. The van der Waals surface area contributed by atoms with Gasteiger partial charge in [0.1, 0.15) is 12.1 Å². The molecule has 0 unspecified atom stereocenters. The number of hydrogen-bond donors (Lipinski definition) is 2. The van der Waals surface area contributed by atoms with E-state index in [2.05, 4.69) is 5.32 Å². The van der Waals surface area contributed by atoms with Crippen molar-refractivity contribution in [3.63, 3.8) is 0 Å². The zero-order valence-corrected chi connectivity index (χ0v) is 11.4. The van der Waals surface area contributed by atoms with Crippen LogP contribution in [0.15, 0.2) is 34.4 Å². The van der Waals surface area contributed by atoms with E-state index in [4.69, 9.17) is 5.11 Å². The number of carboxylic acid groups (broad SMARTS) is 1. The molecule has 0 radical (unpaired) electrons. The van der Waals surface area contributed by atoms with E-state index in [1.165, 1.54) is 29.0 Å². The molecule has 2 aromatic heterocycles. The number of thiophene rings is 1. The average Bonchev–Trinajstić information content (AvgIpc) is 2.94. The molecule has 0 saturated carbocycles. The SMILES string of the molecule is CNC(=O)Cn1c(-c2cccs2)ccc(C(=O)O)c1=O. The predicted molar refractivity (Wildman–Crippen MR) is 75.0 cm³/mol. The van der Waals surface area contributed by atoms with Gasteiger partial charge in [0.2, 0.25) is 5.91 Å². The van der Waals surface area contributed by atoms with Crippen molar-refractivity contribution >= 4 is 23.2 Å². The van der Waals surface area contributed by atoms with Gasteiger partial charge in [-0.25, -0.2) is 4.79 Å². The fourth-order valence-electron chi connectivity index (χ4n) is 1.76. The number of pyridine rings is 1. The Labute approximate surface area is 118 Å². The number of rotatable bonds is 4. The number of aromatic carboxylic acids is 1. The zero-order chi connectivity index (χ0) is 14.7. The second-order valence-corrected chi connectivity index (χ2v) is 4.93. The Bertz CT molecular complexity index is 704. The first kappa shape index (κ1) is 14.0. The van der Waals surface area contributed by atoms with Crippen LogP contribution in [0.3, 0.4) is 0 Å². The minimum absolute atomic E-state index is 0.219. The van der Waals surface area contributed by atoms with Crippen molar-refractivity contribution in [2.24, 2.45) is 0 Å². The van der Waals surface area contributed by atoms with Crippen LogP contribution in [-0.2, 0) is 11.3 Å². The molecule has 1 amide bonds. The Balaban J connectivity index is 2.63. The first-order valence-electron chi connectivity index (χ1n) is 5.76.